The molecule has 2 heteroatoms. The highest BCUT2D eigenvalue weighted by Crippen LogP contribution is 2.25. The second-order valence-electron chi connectivity index (χ2n) is 4.04. The molecule has 0 aliphatic heterocycles. The van der Waals surface area contributed by atoms with Crippen molar-refractivity contribution in [3.05, 3.63) is 46.4 Å². The van der Waals surface area contributed by atoms with E-state index in [0.29, 0.717) is 0 Å². The lowest BCUT2D eigenvalue weighted by Gasteiger charge is -2.09. The van der Waals surface area contributed by atoms with Crippen molar-refractivity contribution in [2.45, 2.75) is 27.2 Å². The maximum atomic E-state index is 5.27. The number of thiol groups is 1. The van der Waals surface area contributed by atoms with Crippen LogP contribution < -0.4 is 4.74 Å². The molecule has 0 bridgehead atoms. The van der Waals surface area contributed by atoms with Crippen molar-refractivity contribution in [3.8, 4) is 5.75 Å². The Morgan fingerprint density at radius 1 is 1.35 bits per heavy atom. The van der Waals surface area contributed by atoms with Gasteiger partial charge in [-0.1, -0.05) is 25.1 Å². The molecule has 0 radical (unpaired) electrons. The smallest absolute Gasteiger partial charge is 0.121 e. The molecule has 1 aromatic carbocycles. The minimum atomic E-state index is 0.935. The highest BCUT2D eigenvalue weighted by atomic mass is 32.1. The maximum Gasteiger partial charge on any atom is 0.121 e. The zero-order chi connectivity index (χ0) is 12.8. The van der Waals surface area contributed by atoms with E-state index in [2.05, 4.69) is 44.7 Å². The van der Waals surface area contributed by atoms with Crippen molar-refractivity contribution >= 4 is 18.2 Å². The van der Waals surface area contributed by atoms with Gasteiger partial charge < -0.3 is 4.74 Å². The summed E-state index contributed by atoms with van der Waals surface area (Å²) in [5.74, 6) is 0.935. The second-order valence-corrected chi connectivity index (χ2v) is 4.74. The van der Waals surface area contributed by atoms with Crippen LogP contribution in [0.3, 0.4) is 0 Å². The molecule has 1 aromatic rings. The molecular formula is C15H20OS. The molecule has 0 heterocycles. The molecule has 92 valence electrons. The van der Waals surface area contributed by atoms with Gasteiger partial charge in [0.25, 0.3) is 0 Å². The fourth-order valence-corrected chi connectivity index (χ4v) is 1.79. The summed E-state index contributed by atoms with van der Waals surface area (Å²) >= 11 is 4.27. The molecule has 17 heavy (non-hydrogen) atoms. The molecule has 0 spiro atoms. The largest absolute Gasteiger partial charge is 0.496 e. The van der Waals surface area contributed by atoms with E-state index >= 15 is 0 Å². The zero-order valence-electron chi connectivity index (χ0n) is 10.9. The molecule has 0 saturated carbocycles. The maximum absolute atomic E-state index is 5.27. The van der Waals surface area contributed by atoms with Gasteiger partial charge >= 0.3 is 0 Å². The Balaban J connectivity index is 3.09. The minimum Gasteiger partial charge on any atom is -0.496 e. The Labute approximate surface area is 110 Å². The fraction of sp³-hybridized carbons (Fsp3) is 0.333. The third kappa shape index (κ3) is 3.97. The van der Waals surface area contributed by atoms with Gasteiger partial charge in [0.1, 0.15) is 5.75 Å². The number of allylic oxidation sites excluding steroid dienone is 4. The van der Waals surface area contributed by atoms with Gasteiger partial charge in [-0.25, -0.2) is 0 Å². The van der Waals surface area contributed by atoms with Crippen molar-refractivity contribution in [2.75, 3.05) is 7.11 Å². The van der Waals surface area contributed by atoms with Gasteiger partial charge in [0.2, 0.25) is 0 Å². The Morgan fingerprint density at radius 2 is 2.06 bits per heavy atom. The van der Waals surface area contributed by atoms with Gasteiger partial charge in [0.05, 0.1) is 7.11 Å². The van der Waals surface area contributed by atoms with Crippen molar-refractivity contribution in [3.63, 3.8) is 0 Å². The van der Waals surface area contributed by atoms with Gasteiger partial charge in [0.15, 0.2) is 0 Å². The van der Waals surface area contributed by atoms with Gasteiger partial charge in [0, 0.05) is 0 Å². The summed E-state index contributed by atoms with van der Waals surface area (Å²) in [5, 5.41) is 0. The third-order valence-corrected chi connectivity index (χ3v) is 2.82. The Morgan fingerprint density at radius 3 is 2.53 bits per heavy atom. The summed E-state index contributed by atoms with van der Waals surface area (Å²) in [6.45, 7) is 6.20. The second kappa shape index (κ2) is 6.55. The fourth-order valence-electron chi connectivity index (χ4n) is 1.72. The molecular weight excluding hydrogens is 228 g/mol. The van der Waals surface area contributed by atoms with E-state index in [4.69, 9.17) is 4.74 Å². The average molecular weight is 248 g/mol. The van der Waals surface area contributed by atoms with Crippen LogP contribution in [0.5, 0.6) is 5.75 Å². The summed E-state index contributed by atoms with van der Waals surface area (Å²) in [6, 6.07) is 6.28. The number of hydrogen-bond donors (Lipinski definition) is 1. The van der Waals surface area contributed by atoms with Crippen LogP contribution in [-0.2, 0) is 0 Å². The summed E-state index contributed by atoms with van der Waals surface area (Å²) in [5.41, 5.74) is 3.72. The van der Waals surface area contributed by atoms with Crippen LogP contribution in [0, 0.1) is 6.92 Å². The van der Waals surface area contributed by atoms with Gasteiger partial charge in [-0.05, 0) is 54.0 Å². The molecule has 0 atom stereocenters. The van der Waals surface area contributed by atoms with Gasteiger partial charge in [-0.3, -0.25) is 0 Å². The molecule has 0 unspecified atom stereocenters. The van der Waals surface area contributed by atoms with E-state index in [9.17, 15) is 0 Å². The predicted molar refractivity (Wildman–Crippen MR) is 78.7 cm³/mol. The van der Waals surface area contributed by atoms with Crippen LogP contribution in [0.2, 0.25) is 0 Å². The lowest BCUT2D eigenvalue weighted by molar-refractivity contribution is 0.411. The summed E-state index contributed by atoms with van der Waals surface area (Å²) in [6.07, 6.45) is 5.16. The number of ether oxygens (including phenoxy) is 1. The molecule has 0 aromatic heterocycles. The standard InChI is InChI=1S/C15H20OS/c1-5-13(7-6-12(3)17)14-8-9-15(16-4)11(2)10-14/h6-10,17H,5H2,1-4H3/b12-6+,13-7+. The van der Waals surface area contributed by atoms with E-state index < -0.39 is 0 Å². The highest BCUT2D eigenvalue weighted by molar-refractivity contribution is 7.84. The van der Waals surface area contributed by atoms with E-state index in [1.165, 1.54) is 11.1 Å². The number of benzene rings is 1. The Bertz CT molecular complexity index is 440. The highest BCUT2D eigenvalue weighted by Gasteiger charge is 2.02. The minimum absolute atomic E-state index is 0.935. The van der Waals surface area contributed by atoms with Crippen LogP contribution >= 0.6 is 12.6 Å². The number of rotatable bonds is 4. The van der Waals surface area contributed by atoms with Crippen LogP contribution in [0.25, 0.3) is 5.57 Å². The molecule has 1 nitrogen and oxygen atoms in total. The first-order chi connectivity index (χ1) is 8.08. The Kier molecular flexibility index (Phi) is 5.36. The summed E-state index contributed by atoms with van der Waals surface area (Å²) in [7, 11) is 1.70. The SMILES string of the molecule is CC/C(=C\C=C(/C)S)c1ccc(OC)c(C)c1. The molecule has 0 N–H and O–H groups in total. The topological polar surface area (TPSA) is 9.23 Å². The molecule has 0 aliphatic rings. The Hall–Kier alpha value is -1.15. The van der Waals surface area contributed by atoms with Crippen LogP contribution in [0.1, 0.15) is 31.4 Å². The van der Waals surface area contributed by atoms with Gasteiger partial charge in [-0.15, -0.1) is 12.6 Å². The van der Waals surface area contributed by atoms with Crippen molar-refractivity contribution in [1.82, 2.24) is 0 Å². The van der Waals surface area contributed by atoms with E-state index in [1.807, 2.05) is 19.1 Å². The first kappa shape index (κ1) is 13.9. The van der Waals surface area contributed by atoms with Crippen molar-refractivity contribution in [2.24, 2.45) is 0 Å². The number of aryl methyl sites for hydroxylation is 1. The summed E-state index contributed by atoms with van der Waals surface area (Å²) < 4.78 is 5.27. The molecule has 1 rings (SSSR count). The van der Waals surface area contributed by atoms with E-state index in [0.717, 1.165) is 22.6 Å². The monoisotopic (exact) mass is 248 g/mol. The van der Waals surface area contributed by atoms with Crippen molar-refractivity contribution in [1.29, 1.82) is 0 Å². The van der Waals surface area contributed by atoms with Crippen LogP contribution in [0.4, 0.5) is 0 Å². The normalized spacial score (nSPS) is 12.8. The number of methoxy groups -OCH3 is 1. The zero-order valence-corrected chi connectivity index (χ0v) is 11.8. The van der Waals surface area contributed by atoms with Gasteiger partial charge in [-0.2, -0.15) is 0 Å². The third-order valence-electron chi connectivity index (χ3n) is 2.67. The lowest BCUT2D eigenvalue weighted by Crippen LogP contribution is -1.89. The molecule has 0 fully saturated rings. The van der Waals surface area contributed by atoms with Crippen molar-refractivity contribution < 1.29 is 4.74 Å². The van der Waals surface area contributed by atoms with Crippen LogP contribution in [-0.4, -0.2) is 7.11 Å². The molecule has 0 saturated heterocycles. The quantitative estimate of drug-likeness (QED) is 0.603. The number of hydrogen-bond acceptors (Lipinski definition) is 2. The first-order valence-corrected chi connectivity index (χ1v) is 6.24. The lowest BCUT2D eigenvalue weighted by atomic mass is 10.0. The molecule has 0 amide bonds. The van der Waals surface area contributed by atoms with E-state index in [1.54, 1.807) is 7.11 Å². The van der Waals surface area contributed by atoms with Crippen LogP contribution in [0.15, 0.2) is 35.3 Å². The molecule has 0 aliphatic carbocycles. The van der Waals surface area contributed by atoms with E-state index in [-0.39, 0.29) is 0 Å². The summed E-state index contributed by atoms with van der Waals surface area (Å²) in [4.78, 5) is 1.01. The first-order valence-electron chi connectivity index (χ1n) is 5.80. The average Bonchev–Trinajstić information content (AvgIpc) is 2.29. The predicted octanol–water partition coefficient (Wildman–Crippen LogP) is 4.63.